The van der Waals surface area contributed by atoms with E-state index in [1.807, 2.05) is 42.1 Å². The van der Waals surface area contributed by atoms with Crippen molar-refractivity contribution in [1.29, 1.82) is 0 Å². The molecule has 0 aliphatic carbocycles. The van der Waals surface area contributed by atoms with E-state index in [1.54, 1.807) is 11.9 Å². The van der Waals surface area contributed by atoms with E-state index in [0.717, 1.165) is 23.6 Å². The van der Waals surface area contributed by atoms with Crippen LogP contribution in [0.5, 0.6) is 0 Å². The Balaban J connectivity index is 1.68. The molecular formula is C16H23N3O2S. The number of nitrogens with zero attached hydrogens (tertiary/aromatic N) is 1. The largest absolute Gasteiger partial charge is 0.347 e. The van der Waals surface area contributed by atoms with E-state index in [1.165, 1.54) is 0 Å². The first kappa shape index (κ1) is 16.8. The first-order chi connectivity index (χ1) is 10.6. The van der Waals surface area contributed by atoms with Gasteiger partial charge in [-0.1, -0.05) is 30.3 Å². The first-order valence-electron chi connectivity index (χ1n) is 7.51. The molecule has 0 bridgehead atoms. The highest BCUT2D eigenvalue weighted by Crippen LogP contribution is 2.10. The van der Waals surface area contributed by atoms with E-state index in [9.17, 15) is 9.59 Å². The lowest BCUT2D eigenvalue weighted by Gasteiger charge is -2.23. The normalized spacial score (nSPS) is 17.8. The molecule has 1 atom stereocenters. The van der Waals surface area contributed by atoms with Crippen LogP contribution >= 0.6 is 11.8 Å². The molecule has 0 aromatic heterocycles. The average Bonchev–Trinajstić information content (AvgIpc) is 2.54. The van der Waals surface area contributed by atoms with E-state index in [0.29, 0.717) is 13.0 Å². The SMILES string of the molecule is CN(Cc1ccccc1)C(=O)CNC(=O)CC1CSCCN1. The van der Waals surface area contributed by atoms with Crippen molar-refractivity contribution in [2.45, 2.75) is 19.0 Å². The van der Waals surface area contributed by atoms with Crippen LogP contribution in [-0.4, -0.2) is 54.4 Å². The van der Waals surface area contributed by atoms with Crippen molar-refractivity contribution < 1.29 is 9.59 Å². The number of thioether (sulfide) groups is 1. The predicted octanol–water partition coefficient (Wildman–Crippen LogP) is 0.856. The van der Waals surface area contributed by atoms with Crippen molar-refractivity contribution in [2.24, 2.45) is 0 Å². The summed E-state index contributed by atoms with van der Waals surface area (Å²) in [6.07, 6.45) is 0.433. The van der Waals surface area contributed by atoms with Crippen LogP contribution in [0.3, 0.4) is 0 Å². The topological polar surface area (TPSA) is 61.4 Å². The van der Waals surface area contributed by atoms with Gasteiger partial charge in [0.2, 0.25) is 11.8 Å². The Kier molecular flexibility index (Phi) is 6.74. The van der Waals surface area contributed by atoms with Gasteiger partial charge in [-0.05, 0) is 5.56 Å². The summed E-state index contributed by atoms with van der Waals surface area (Å²) in [5, 5.41) is 6.03. The molecule has 0 spiro atoms. The Morgan fingerprint density at radius 3 is 2.82 bits per heavy atom. The van der Waals surface area contributed by atoms with E-state index in [2.05, 4.69) is 10.6 Å². The van der Waals surface area contributed by atoms with Gasteiger partial charge in [0.25, 0.3) is 0 Å². The molecule has 1 aromatic carbocycles. The van der Waals surface area contributed by atoms with Crippen LogP contribution in [0.15, 0.2) is 30.3 Å². The van der Waals surface area contributed by atoms with Gasteiger partial charge in [0.1, 0.15) is 0 Å². The molecule has 22 heavy (non-hydrogen) atoms. The van der Waals surface area contributed by atoms with Crippen molar-refractivity contribution >= 4 is 23.6 Å². The molecule has 0 saturated carbocycles. The number of hydrogen-bond donors (Lipinski definition) is 2. The molecule has 1 aliphatic rings. The lowest BCUT2D eigenvalue weighted by Crippen LogP contribution is -2.43. The van der Waals surface area contributed by atoms with Crippen molar-refractivity contribution in [3.05, 3.63) is 35.9 Å². The summed E-state index contributed by atoms with van der Waals surface area (Å²) in [6.45, 7) is 1.56. The number of amides is 2. The highest BCUT2D eigenvalue weighted by atomic mass is 32.2. The van der Waals surface area contributed by atoms with Crippen molar-refractivity contribution in [3.8, 4) is 0 Å². The summed E-state index contributed by atoms with van der Waals surface area (Å²) in [6, 6.07) is 10.0. The van der Waals surface area contributed by atoms with Crippen LogP contribution in [0.2, 0.25) is 0 Å². The fourth-order valence-corrected chi connectivity index (χ4v) is 3.25. The number of hydrogen-bond acceptors (Lipinski definition) is 4. The third-order valence-corrected chi connectivity index (χ3v) is 4.69. The summed E-state index contributed by atoms with van der Waals surface area (Å²) in [7, 11) is 1.75. The Labute approximate surface area is 135 Å². The van der Waals surface area contributed by atoms with Gasteiger partial charge < -0.3 is 15.5 Å². The Morgan fingerprint density at radius 1 is 1.36 bits per heavy atom. The highest BCUT2D eigenvalue weighted by Gasteiger charge is 2.17. The van der Waals surface area contributed by atoms with Gasteiger partial charge >= 0.3 is 0 Å². The summed E-state index contributed by atoms with van der Waals surface area (Å²) in [5.41, 5.74) is 1.08. The van der Waals surface area contributed by atoms with Crippen molar-refractivity contribution in [3.63, 3.8) is 0 Å². The molecule has 2 rings (SSSR count). The second-order valence-electron chi connectivity index (χ2n) is 5.44. The molecular weight excluding hydrogens is 298 g/mol. The number of nitrogens with one attached hydrogen (secondary N) is 2. The van der Waals surface area contributed by atoms with Crippen LogP contribution in [0.1, 0.15) is 12.0 Å². The summed E-state index contributed by atoms with van der Waals surface area (Å²) < 4.78 is 0. The lowest BCUT2D eigenvalue weighted by molar-refractivity contribution is -0.132. The molecule has 1 aliphatic heterocycles. The van der Waals surface area contributed by atoms with Crippen LogP contribution in [0.25, 0.3) is 0 Å². The third kappa shape index (κ3) is 5.69. The molecule has 1 aromatic rings. The number of carbonyl (C=O) groups excluding carboxylic acids is 2. The Morgan fingerprint density at radius 2 is 2.14 bits per heavy atom. The molecule has 5 nitrogen and oxygen atoms in total. The van der Waals surface area contributed by atoms with Crippen LogP contribution < -0.4 is 10.6 Å². The molecule has 120 valence electrons. The smallest absolute Gasteiger partial charge is 0.242 e. The van der Waals surface area contributed by atoms with Crippen LogP contribution in [0, 0.1) is 0 Å². The minimum Gasteiger partial charge on any atom is -0.347 e. The van der Waals surface area contributed by atoms with Gasteiger partial charge in [-0.15, -0.1) is 0 Å². The number of likely N-dealkylation sites (N-methyl/N-ethyl adjacent to an activating group) is 1. The quantitative estimate of drug-likeness (QED) is 0.816. The Bertz CT molecular complexity index is 489. The first-order valence-corrected chi connectivity index (χ1v) is 8.66. The van der Waals surface area contributed by atoms with E-state index in [4.69, 9.17) is 0 Å². The third-order valence-electron chi connectivity index (χ3n) is 3.56. The Hall–Kier alpha value is -1.53. The summed E-state index contributed by atoms with van der Waals surface area (Å²) in [5.74, 6) is 1.90. The molecule has 2 N–H and O–H groups in total. The van der Waals surface area contributed by atoms with Crippen LogP contribution in [-0.2, 0) is 16.1 Å². The minimum absolute atomic E-state index is 0.0576. The van der Waals surface area contributed by atoms with Gasteiger partial charge in [0.05, 0.1) is 6.54 Å². The summed E-state index contributed by atoms with van der Waals surface area (Å²) >= 11 is 1.86. The monoisotopic (exact) mass is 321 g/mol. The maximum atomic E-state index is 12.0. The number of benzene rings is 1. The van der Waals surface area contributed by atoms with Crippen molar-refractivity contribution in [2.75, 3.05) is 31.6 Å². The maximum absolute atomic E-state index is 12.0. The number of carbonyl (C=O) groups is 2. The van der Waals surface area contributed by atoms with E-state index in [-0.39, 0.29) is 24.4 Å². The van der Waals surface area contributed by atoms with Crippen LogP contribution in [0.4, 0.5) is 0 Å². The molecule has 0 radical (unpaired) electrons. The molecule has 1 fully saturated rings. The van der Waals surface area contributed by atoms with E-state index < -0.39 is 0 Å². The standard InChI is InChI=1S/C16H23N3O2S/c1-19(11-13-5-3-2-4-6-13)16(21)10-18-15(20)9-14-12-22-8-7-17-14/h2-6,14,17H,7-12H2,1H3,(H,18,20). The molecule has 2 amide bonds. The van der Waals surface area contributed by atoms with Gasteiger partial charge in [0.15, 0.2) is 0 Å². The average molecular weight is 321 g/mol. The van der Waals surface area contributed by atoms with Gasteiger partial charge in [-0.3, -0.25) is 9.59 Å². The molecule has 1 heterocycles. The van der Waals surface area contributed by atoms with Gasteiger partial charge in [-0.25, -0.2) is 0 Å². The zero-order valence-corrected chi connectivity index (χ0v) is 13.7. The minimum atomic E-state index is -0.0804. The predicted molar refractivity (Wildman–Crippen MR) is 89.7 cm³/mol. The second kappa shape index (κ2) is 8.80. The maximum Gasteiger partial charge on any atom is 0.242 e. The summed E-state index contributed by atoms with van der Waals surface area (Å²) in [4.78, 5) is 25.5. The van der Waals surface area contributed by atoms with E-state index >= 15 is 0 Å². The van der Waals surface area contributed by atoms with Gasteiger partial charge in [-0.2, -0.15) is 11.8 Å². The van der Waals surface area contributed by atoms with Crippen molar-refractivity contribution in [1.82, 2.24) is 15.5 Å². The molecule has 1 saturated heterocycles. The molecule has 1 unspecified atom stereocenters. The fraction of sp³-hybridized carbons (Fsp3) is 0.500. The second-order valence-corrected chi connectivity index (χ2v) is 6.59. The number of rotatable bonds is 6. The highest BCUT2D eigenvalue weighted by molar-refractivity contribution is 7.99. The zero-order chi connectivity index (χ0) is 15.8. The zero-order valence-electron chi connectivity index (χ0n) is 12.9. The fourth-order valence-electron chi connectivity index (χ4n) is 2.30. The lowest BCUT2D eigenvalue weighted by atomic mass is 10.2. The van der Waals surface area contributed by atoms with Gasteiger partial charge in [0, 0.05) is 44.1 Å². The molecule has 6 heteroatoms.